The summed E-state index contributed by atoms with van der Waals surface area (Å²) >= 11 is 6.02. The monoisotopic (exact) mass is 1430 g/mol. The Balaban J connectivity index is 0.000000126. The molecule has 0 saturated heterocycles. The maximum absolute atomic E-state index is 13.3. The zero-order valence-corrected chi connectivity index (χ0v) is 57.2. The molecule has 6 heterocycles. The number of nitrogens with one attached hydrogen (secondary N) is 2. The van der Waals surface area contributed by atoms with Crippen molar-refractivity contribution < 1.29 is 45.9 Å². The Kier molecular flexibility index (Phi) is 21.0. The molecule has 22 nitrogen and oxygen atoms in total. The number of anilines is 3. The van der Waals surface area contributed by atoms with Crippen molar-refractivity contribution in [3.8, 4) is 68.4 Å². The number of hydrogen-bond acceptors (Lipinski definition) is 22. The van der Waals surface area contributed by atoms with Crippen LogP contribution in [0.15, 0.2) is 245 Å². The number of benzene rings is 8. The van der Waals surface area contributed by atoms with Gasteiger partial charge in [0, 0.05) is 57.6 Å². The fourth-order valence-electron chi connectivity index (χ4n) is 11.7. The summed E-state index contributed by atoms with van der Waals surface area (Å²) in [7, 11) is 1.78. The zero-order chi connectivity index (χ0) is 73.0. The fourth-order valence-corrected chi connectivity index (χ4v) is 11.9. The first kappa shape index (κ1) is 69.8. The predicted octanol–water partition coefficient (Wildman–Crippen LogP) is 14.1. The van der Waals surface area contributed by atoms with Crippen molar-refractivity contribution in [3.63, 3.8) is 0 Å². The molecule has 6 N–H and O–H groups in total. The second-order valence-electron chi connectivity index (χ2n) is 24.0. The Bertz CT molecular complexity index is 5550. The molecule has 14 aromatic rings. The highest BCUT2D eigenvalue weighted by atomic mass is 35.5. The number of nitrogens with two attached hydrogens (primary N) is 1. The molecule has 0 amide bonds. The van der Waals surface area contributed by atoms with Crippen molar-refractivity contribution in [2.75, 3.05) is 30.6 Å². The molecule has 8 aromatic carbocycles. The van der Waals surface area contributed by atoms with E-state index in [0.29, 0.717) is 64.8 Å². The van der Waals surface area contributed by atoms with Gasteiger partial charge in [-0.1, -0.05) is 99.7 Å². The second kappa shape index (κ2) is 31.9. The van der Waals surface area contributed by atoms with Gasteiger partial charge >= 0.3 is 25.2 Å². The number of rotatable bonds is 17. The highest BCUT2D eigenvalue weighted by Crippen LogP contribution is 2.39. The van der Waals surface area contributed by atoms with Gasteiger partial charge < -0.3 is 49.1 Å². The first-order valence-electron chi connectivity index (χ1n) is 33.0. The van der Waals surface area contributed by atoms with E-state index in [1.165, 1.54) is 71.4 Å². The molecule has 0 atom stereocenters. The van der Waals surface area contributed by atoms with E-state index in [1.807, 2.05) is 91.0 Å². The number of hydrogen-bond donors (Lipinski definition) is 5. The molecular formula is C79H60BClF3N15O7. The van der Waals surface area contributed by atoms with E-state index in [9.17, 15) is 13.2 Å². The van der Waals surface area contributed by atoms with E-state index < -0.39 is 7.12 Å². The van der Waals surface area contributed by atoms with Crippen LogP contribution in [-0.2, 0) is 32.4 Å². The van der Waals surface area contributed by atoms with Gasteiger partial charge in [-0.25, -0.2) is 28.1 Å². The van der Waals surface area contributed by atoms with E-state index >= 15 is 0 Å². The first-order chi connectivity index (χ1) is 51.7. The van der Waals surface area contributed by atoms with Crippen molar-refractivity contribution in [3.05, 3.63) is 316 Å². The standard InChI is InChI=1S/C29H22FN5O2.C23H18ClN5O2.C21H14FN5O.C6H6BFO2/c1-36-23-11-2-18(3-12-23)15-32-29-35-34-28(37-29)21-5-4-19-8-13-24(25(19)14-21)27-17-31-16-26(33-27)20-6-9-22(30)10-7-20;1-30-17-7-2-14(3-8-17)11-26-23-29-28-22(31-23)16-5-4-15-6-9-18(19(15)10-16)20-12-25-13-21(24)27-20;22-15-6-3-13(4-7-15)18-10-24-11-19(25-18)16-8-5-12-1-2-14(9-17(12)16)20-26-27-21(23)28-20;8-6-3-1-5(2-4-6)7(9)10/h2-7,9-14,16-17H,8,15H2,1H3,(H,32,35);2-5,7-10,12-13H,6,11H2,1H3,(H,26,29);1-4,6-11H,5H2,(H2,23,27);1-4,9-10H. The van der Waals surface area contributed by atoms with Gasteiger partial charge in [-0.3, -0.25) is 15.0 Å². The lowest BCUT2D eigenvalue weighted by Crippen LogP contribution is -2.29. The lowest BCUT2D eigenvalue weighted by molar-refractivity contribution is 0.414. The molecule has 0 radical (unpaired) electrons. The minimum Gasteiger partial charge on any atom is -0.497 e. The van der Waals surface area contributed by atoms with Crippen LogP contribution in [0.5, 0.6) is 11.5 Å². The number of allylic oxidation sites excluding steroid dienone is 3. The molecule has 3 aliphatic carbocycles. The lowest BCUT2D eigenvalue weighted by Gasteiger charge is -2.08. The Morgan fingerprint density at radius 2 is 0.783 bits per heavy atom. The number of halogens is 4. The average Bonchev–Trinajstić information content (AvgIpc) is 1.65. The van der Waals surface area contributed by atoms with Gasteiger partial charge in [0.25, 0.3) is 0 Å². The predicted molar refractivity (Wildman–Crippen MR) is 395 cm³/mol. The summed E-state index contributed by atoms with van der Waals surface area (Å²) in [6.07, 6.45) is 18.9. The Hall–Kier alpha value is -13.3. The van der Waals surface area contributed by atoms with E-state index in [0.717, 1.165) is 120 Å². The van der Waals surface area contributed by atoms with Crippen LogP contribution in [0.2, 0.25) is 5.15 Å². The van der Waals surface area contributed by atoms with Gasteiger partial charge in [0.05, 0.1) is 79.9 Å². The van der Waals surface area contributed by atoms with Crippen LogP contribution >= 0.6 is 11.6 Å². The van der Waals surface area contributed by atoms with Crippen molar-refractivity contribution >= 4 is 58.9 Å². The van der Waals surface area contributed by atoms with Gasteiger partial charge in [-0.15, -0.1) is 15.3 Å². The topological polar surface area (TPSA) is 303 Å². The molecule has 0 bridgehead atoms. The largest absolute Gasteiger partial charge is 0.497 e. The van der Waals surface area contributed by atoms with Crippen LogP contribution in [0.3, 0.4) is 0 Å². The quantitative estimate of drug-likeness (QED) is 0.0529. The smallest absolute Gasteiger partial charge is 0.488 e. The lowest BCUT2D eigenvalue weighted by atomic mass is 9.80. The van der Waals surface area contributed by atoms with Gasteiger partial charge in [0.2, 0.25) is 17.7 Å². The molecule has 0 fully saturated rings. The average molecular weight is 1430 g/mol. The van der Waals surface area contributed by atoms with Crippen molar-refractivity contribution in [1.82, 2.24) is 60.5 Å². The Labute approximate surface area is 609 Å². The van der Waals surface area contributed by atoms with Crippen LogP contribution in [-0.4, -0.2) is 91.9 Å². The van der Waals surface area contributed by atoms with Gasteiger partial charge in [0.1, 0.15) is 34.1 Å². The summed E-state index contributed by atoms with van der Waals surface area (Å²) in [5, 5.41) is 48.1. The van der Waals surface area contributed by atoms with Gasteiger partial charge in [-0.2, -0.15) is 0 Å². The first-order valence-corrected chi connectivity index (χ1v) is 33.4. The maximum Gasteiger partial charge on any atom is 0.488 e. The molecule has 17 rings (SSSR count). The van der Waals surface area contributed by atoms with Crippen LogP contribution in [0.4, 0.5) is 31.2 Å². The summed E-state index contributed by atoms with van der Waals surface area (Å²) in [5.41, 5.74) is 25.4. The van der Waals surface area contributed by atoms with Crippen molar-refractivity contribution in [2.45, 2.75) is 32.4 Å². The molecule has 0 spiro atoms. The summed E-state index contributed by atoms with van der Waals surface area (Å²) < 4.78 is 66.2. The molecule has 3 aliphatic rings. The highest BCUT2D eigenvalue weighted by molar-refractivity contribution is 6.58. The summed E-state index contributed by atoms with van der Waals surface area (Å²) in [4.78, 5) is 26.8. The van der Waals surface area contributed by atoms with Crippen LogP contribution < -0.4 is 31.3 Å². The highest BCUT2D eigenvalue weighted by Gasteiger charge is 2.24. The number of fused-ring (bicyclic) bond motifs is 3. The van der Waals surface area contributed by atoms with Crippen LogP contribution in [0.1, 0.15) is 61.6 Å². The van der Waals surface area contributed by atoms with E-state index in [4.69, 9.17) is 60.1 Å². The molecule has 0 unspecified atom stereocenters. The number of nitrogen functional groups attached to an aromatic ring is 1. The molecule has 0 saturated carbocycles. The van der Waals surface area contributed by atoms with Gasteiger partial charge in [-0.05, 0) is 191 Å². The Morgan fingerprint density at radius 1 is 0.425 bits per heavy atom. The third kappa shape index (κ3) is 16.6. The number of nitrogens with zero attached hydrogens (tertiary/aromatic N) is 12. The Morgan fingerprint density at radius 3 is 1.16 bits per heavy atom. The third-order valence-electron chi connectivity index (χ3n) is 17.2. The van der Waals surface area contributed by atoms with E-state index in [1.54, 1.807) is 69.5 Å². The molecular weight excluding hydrogens is 1370 g/mol. The molecule has 0 aliphatic heterocycles. The van der Waals surface area contributed by atoms with E-state index in [2.05, 4.69) is 91.5 Å². The molecule has 524 valence electrons. The normalized spacial score (nSPS) is 12.1. The molecule has 6 aromatic heterocycles. The van der Waals surface area contributed by atoms with Crippen molar-refractivity contribution in [2.24, 2.45) is 0 Å². The minimum atomic E-state index is -1.51. The van der Waals surface area contributed by atoms with Crippen LogP contribution in [0.25, 0.3) is 73.6 Å². The third-order valence-corrected chi connectivity index (χ3v) is 17.3. The van der Waals surface area contributed by atoms with E-state index in [-0.39, 0.29) is 23.5 Å². The fraction of sp³-hybridized carbons (Fsp3) is 0.0886. The number of ether oxygens (including phenoxy) is 2. The summed E-state index contributed by atoms with van der Waals surface area (Å²) in [5.74, 6) is 1.92. The summed E-state index contributed by atoms with van der Waals surface area (Å²) in [6, 6.07) is 51.9. The number of aromatic nitrogens is 12. The molecule has 27 heteroatoms. The second-order valence-corrected chi connectivity index (χ2v) is 24.4. The van der Waals surface area contributed by atoms with Crippen LogP contribution in [0, 0.1) is 17.5 Å². The van der Waals surface area contributed by atoms with Crippen molar-refractivity contribution in [1.29, 1.82) is 0 Å². The number of methoxy groups -OCH3 is 2. The maximum atomic E-state index is 13.3. The SMILES string of the molecule is COc1ccc(CNc2nnc(-c3ccc4c(c3)C(c3cncc(-c5ccc(F)cc5)n3)=CC4)o2)cc1.COc1ccc(CNc2nnc(-c3ccc4c(c3)C(c3cncc(Cl)n3)=CC4)o2)cc1.Nc1nnc(-c2ccc3c(c2)C(c2cncc(-c4ccc(F)cc4)n2)=CC3)o1.OB(O)c1ccc(F)cc1. The molecule has 106 heavy (non-hydrogen) atoms. The zero-order valence-electron chi connectivity index (χ0n) is 56.4. The van der Waals surface area contributed by atoms with Gasteiger partial charge in [0.15, 0.2) is 0 Å². The minimum absolute atomic E-state index is 0.0316. The summed E-state index contributed by atoms with van der Waals surface area (Å²) in [6.45, 7) is 1.11.